The molecule has 1 rings (SSSR count). The molecule has 1 fully saturated rings. The summed E-state index contributed by atoms with van der Waals surface area (Å²) in [6, 6.07) is 0.500. The van der Waals surface area contributed by atoms with Crippen molar-refractivity contribution in [2.45, 2.75) is 18.9 Å². The lowest BCUT2D eigenvalue weighted by molar-refractivity contribution is 0.239. The number of aliphatic hydroxyl groups excluding tert-OH is 1. The van der Waals surface area contributed by atoms with Gasteiger partial charge in [-0.1, -0.05) is 0 Å². The van der Waals surface area contributed by atoms with Crippen LogP contribution in [0.5, 0.6) is 0 Å². The zero-order valence-corrected chi connectivity index (χ0v) is 8.08. The lowest BCUT2D eigenvalue weighted by atomic mass is 9.97. The van der Waals surface area contributed by atoms with E-state index in [9.17, 15) is 0 Å². The maximum atomic E-state index is 8.84. The Morgan fingerprint density at radius 2 is 2.42 bits per heavy atom. The molecule has 0 spiro atoms. The van der Waals surface area contributed by atoms with Crippen molar-refractivity contribution in [1.82, 2.24) is 10.2 Å². The fourth-order valence-electron chi connectivity index (χ4n) is 2.05. The fourth-order valence-corrected chi connectivity index (χ4v) is 2.05. The van der Waals surface area contributed by atoms with E-state index in [2.05, 4.69) is 17.3 Å². The molecule has 0 bridgehead atoms. The Morgan fingerprint density at radius 1 is 1.67 bits per heavy atom. The molecule has 3 heteroatoms. The first-order chi connectivity index (χ1) is 5.77. The zero-order valence-electron chi connectivity index (χ0n) is 8.08. The van der Waals surface area contributed by atoms with Gasteiger partial charge in [-0.05, 0) is 39.4 Å². The van der Waals surface area contributed by atoms with Crippen LogP contribution in [0.4, 0.5) is 0 Å². The molecule has 2 atom stereocenters. The van der Waals surface area contributed by atoms with Gasteiger partial charge in [0.1, 0.15) is 0 Å². The third-order valence-corrected chi connectivity index (χ3v) is 2.81. The van der Waals surface area contributed by atoms with E-state index in [-0.39, 0.29) is 0 Å². The number of rotatable bonds is 4. The van der Waals surface area contributed by atoms with Gasteiger partial charge in [-0.2, -0.15) is 0 Å². The van der Waals surface area contributed by atoms with Crippen molar-refractivity contribution in [3.05, 3.63) is 0 Å². The molecule has 0 amide bonds. The molecule has 12 heavy (non-hydrogen) atoms. The molecule has 3 nitrogen and oxygen atoms in total. The summed E-state index contributed by atoms with van der Waals surface area (Å²) < 4.78 is 0. The van der Waals surface area contributed by atoms with Gasteiger partial charge in [0.25, 0.3) is 0 Å². The van der Waals surface area contributed by atoms with Crippen molar-refractivity contribution in [3.63, 3.8) is 0 Å². The van der Waals surface area contributed by atoms with Crippen LogP contribution in [0.25, 0.3) is 0 Å². The second-order valence-electron chi connectivity index (χ2n) is 3.72. The smallest absolute Gasteiger partial charge is 0.0445 e. The van der Waals surface area contributed by atoms with Gasteiger partial charge in [0.15, 0.2) is 0 Å². The normalized spacial score (nSPS) is 27.8. The van der Waals surface area contributed by atoms with E-state index in [0.29, 0.717) is 12.6 Å². The van der Waals surface area contributed by atoms with Gasteiger partial charge in [-0.15, -0.1) is 0 Å². The largest absolute Gasteiger partial charge is 0.396 e. The molecule has 0 aromatic heterocycles. The van der Waals surface area contributed by atoms with E-state index in [1.807, 2.05) is 7.05 Å². The van der Waals surface area contributed by atoms with Gasteiger partial charge in [0.2, 0.25) is 0 Å². The summed E-state index contributed by atoms with van der Waals surface area (Å²) in [5.74, 6) is 0.729. The van der Waals surface area contributed by atoms with Crippen LogP contribution in [0, 0.1) is 5.92 Å². The number of nitrogens with zero attached hydrogens (tertiary/aromatic N) is 1. The third kappa shape index (κ3) is 2.44. The standard InChI is InChI=1S/C9H20N2O/c1-10-9(4-6-12)8-3-5-11(2)7-8/h8-10,12H,3-7H2,1-2H3. The summed E-state index contributed by atoms with van der Waals surface area (Å²) in [7, 11) is 4.14. The second kappa shape index (κ2) is 4.80. The lowest BCUT2D eigenvalue weighted by Gasteiger charge is -2.21. The molecule has 1 heterocycles. The van der Waals surface area contributed by atoms with Crippen LogP contribution in [0.1, 0.15) is 12.8 Å². The highest BCUT2D eigenvalue weighted by atomic mass is 16.3. The quantitative estimate of drug-likeness (QED) is 0.622. The van der Waals surface area contributed by atoms with Crippen molar-refractivity contribution in [2.75, 3.05) is 33.8 Å². The van der Waals surface area contributed by atoms with E-state index >= 15 is 0 Å². The summed E-state index contributed by atoms with van der Waals surface area (Å²) >= 11 is 0. The highest BCUT2D eigenvalue weighted by Crippen LogP contribution is 2.19. The number of hydrogen-bond donors (Lipinski definition) is 2. The van der Waals surface area contributed by atoms with Gasteiger partial charge in [-0.3, -0.25) is 0 Å². The SMILES string of the molecule is CNC(CCO)C1CCN(C)C1. The van der Waals surface area contributed by atoms with Gasteiger partial charge < -0.3 is 15.3 Å². The van der Waals surface area contributed by atoms with Crippen LogP contribution >= 0.6 is 0 Å². The van der Waals surface area contributed by atoms with Crippen molar-refractivity contribution in [3.8, 4) is 0 Å². The maximum absolute atomic E-state index is 8.84. The molecule has 1 aliphatic heterocycles. The Morgan fingerprint density at radius 3 is 2.83 bits per heavy atom. The Hall–Kier alpha value is -0.120. The van der Waals surface area contributed by atoms with Crippen LogP contribution in [0.15, 0.2) is 0 Å². The maximum Gasteiger partial charge on any atom is 0.0445 e. The van der Waals surface area contributed by atoms with E-state index in [0.717, 1.165) is 12.3 Å². The van der Waals surface area contributed by atoms with Gasteiger partial charge >= 0.3 is 0 Å². The fraction of sp³-hybridized carbons (Fsp3) is 1.00. The Kier molecular flexibility index (Phi) is 3.98. The van der Waals surface area contributed by atoms with Crippen LogP contribution in [0.2, 0.25) is 0 Å². The number of nitrogens with one attached hydrogen (secondary N) is 1. The summed E-state index contributed by atoms with van der Waals surface area (Å²) in [6.07, 6.45) is 2.15. The average Bonchev–Trinajstić information content (AvgIpc) is 2.47. The third-order valence-electron chi connectivity index (χ3n) is 2.81. The number of hydrogen-bond acceptors (Lipinski definition) is 3. The molecule has 0 radical (unpaired) electrons. The predicted molar refractivity (Wildman–Crippen MR) is 50.2 cm³/mol. The van der Waals surface area contributed by atoms with Crippen molar-refractivity contribution in [1.29, 1.82) is 0 Å². The number of likely N-dealkylation sites (tertiary alicyclic amines) is 1. The van der Waals surface area contributed by atoms with Crippen molar-refractivity contribution in [2.24, 2.45) is 5.92 Å². The Balaban J connectivity index is 2.33. The molecule has 2 unspecified atom stereocenters. The topological polar surface area (TPSA) is 35.5 Å². The molecule has 72 valence electrons. The highest BCUT2D eigenvalue weighted by Gasteiger charge is 2.25. The van der Waals surface area contributed by atoms with Crippen molar-refractivity contribution < 1.29 is 5.11 Å². The molecule has 0 aromatic carbocycles. The van der Waals surface area contributed by atoms with Gasteiger partial charge in [-0.25, -0.2) is 0 Å². The zero-order chi connectivity index (χ0) is 8.97. The first kappa shape index (κ1) is 9.96. The second-order valence-corrected chi connectivity index (χ2v) is 3.72. The van der Waals surface area contributed by atoms with Crippen LogP contribution < -0.4 is 5.32 Å². The summed E-state index contributed by atoms with van der Waals surface area (Å²) in [6.45, 7) is 2.67. The van der Waals surface area contributed by atoms with Gasteiger partial charge in [0, 0.05) is 19.2 Å². The van der Waals surface area contributed by atoms with Crippen molar-refractivity contribution >= 4 is 0 Å². The average molecular weight is 172 g/mol. The molecule has 0 aliphatic carbocycles. The summed E-state index contributed by atoms with van der Waals surface area (Å²) in [5, 5.41) is 12.1. The molecular formula is C9H20N2O. The minimum Gasteiger partial charge on any atom is -0.396 e. The Bertz CT molecular complexity index is 128. The monoisotopic (exact) mass is 172 g/mol. The van der Waals surface area contributed by atoms with E-state index in [1.165, 1.54) is 19.5 Å². The first-order valence-corrected chi connectivity index (χ1v) is 4.74. The molecule has 1 aliphatic rings. The number of aliphatic hydroxyl groups is 1. The van der Waals surface area contributed by atoms with E-state index in [4.69, 9.17) is 5.11 Å². The molecule has 1 saturated heterocycles. The molecular weight excluding hydrogens is 152 g/mol. The van der Waals surface area contributed by atoms with E-state index in [1.54, 1.807) is 0 Å². The predicted octanol–water partition coefficient (Wildman–Crippen LogP) is -0.0915. The minimum atomic E-state index is 0.297. The van der Waals surface area contributed by atoms with Crippen LogP contribution in [-0.2, 0) is 0 Å². The molecule has 2 N–H and O–H groups in total. The molecule has 0 saturated carbocycles. The molecule has 0 aromatic rings. The highest BCUT2D eigenvalue weighted by molar-refractivity contribution is 4.82. The van der Waals surface area contributed by atoms with Gasteiger partial charge in [0.05, 0.1) is 0 Å². The summed E-state index contributed by atoms with van der Waals surface area (Å²) in [5.41, 5.74) is 0. The lowest BCUT2D eigenvalue weighted by Crippen LogP contribution is -2.35. The Labute approximate surface area is 74.8 Å². The summed E-state index contributed by atoms with van der Waals surface area (Å²) in [4.78, 5) is 2.35. The van der Waals surface area contributed by atoms with Crippen LogP contribution in [-0.4, -0.2) is 49.8 Å². The van der Waals surface area contributed by atoms with Crippen LogP contribution in [0.3, 0.4) is 0 Å². The minimum absolute atomic E-state index is 0.297. The first-order valence-electron chi connectivity index (χ1n) is 4.74. The van der Waals surface area contributed by atoms with E-state index < -0.39 is 0 Å².